The molecular formula is C41H29BF15N. The van der Waals surface area contributed by atoms with Gasteiger partial charge in [-0.2, -0.15) is 5.47 Å². The predicted molar refractivity (Wildman–Crippen MR) is 189 cm³/mol. The molecule has 1 aliphatic carbocycles. The fourth-order valence-corrected chi connectivity index (χ4v) is 7.12. The first-order chi connectivity index (χ1) is 27.2. The molecule has 17 heteroatoms. The van der Waals surface area contributed by atoms with Crippen molar-refractivity contribution < 1.29 is 70.4 Å². The number of rotatable bonds is 10. The van der Waals surface area contributed by atoms with E-state index < -0.39 is 127 Å². The van der Waals surface area contributed by atoms with E-state index in [2.05, 4.69) is 0 Å². The number of allylic oxidation sites excluding steroid dienone is 6. The topological polar surface area (TPSA) is 3.01 Å². The highest BCUT2D eigenvalue weighted by molar-refractivity contribution is 7.18. The molecule has 0 saturated heterocycles. The molecule has 58 heavy (non-hydrogen) atoms. The molecule has 0 aromatic heterocycles. The Morgan fingerprint density at radius 1 is 0.603 bits per heavy atom. The first-order valence-electron chi connectivity index (χ1n) is 17.3. The molecule has 0 heterocycles. The van der Waals surface area contributed by atoms with Gasteiger partial charge in [-0.25, -0.2) is 76.4 Å². The zero-order chi connectivity index (χ0) is 43.3. The van der Waals surface area contributed by atoms with Gasteiger partial charge in [-0.3, -0.25) is 0 Å². The summed E-state index contributed by atoms with van der Waals surface area (Å²) >= 11 is 0. The highest BCUT2D eigenvalue weighted by Crippen LogP contribution is 2.42. The smallest absolute Gasteiger partial charge is 0.200 e. The fraction of sp³-hybridized carbons (Fsp3) is 0.195. The summed E-state index contributed by atoms with van der Waals surface area (Å²) in [5.41, 5.74) is -8.37. The van der Waals surface area contributed by atoms with Gasteiger partial charge < -0.3 is 0 Å². The van der Waals surface area contributed by atoms with Crippen molar-refractivity contribution in [2.45, 2.75) is 40.0 Å². The summed E-state index contributed by atoms with van der Waals surface area (Å²) in [6.07, 6.45) is -3.21. The minimum Gasteiger partial charge on any atom is -0.239 e. The molecule has 1 aliphatic rings. The van der Waals surface area contributed by atoms with Crippen LogP contribution in [0, 0.1) is 94.2 Å². The monoisotopic (exact) mass is 831 g/mol. The summed E-state index contributed by atoms with van der Waals surface area (Å²) in [6.45, 7) is 4.46. The molecular weight excluding hydrogens is 802 g/mol. The first kappa shape index (κ1) is 43.6. The van der Waals surface area contributed by atoms with Gasteiger partial charge in [0.2, 0.25) is 5.82 Å². The number of halogens is 15. The molecule has 0 amide bonds. The van der Waals surface area contributed by atoms with Crippen molar-refractivity contribution in [2.24, 2.45) is 0 Å². The van der Waals surface area contributed by atoms with Gasteiger partial charge in [-0.05, 0) is 30.9 Å². The van der Waals surface area contributed by atoms with E-state index in [1.807, 2.05) is 0 Å². The highest BCUT2D eigenvalue weighted by Gasteiger charge is 2.46. The Bertz CT molecular complexity index is 2370. The molecule has 4 aromatic rings. The normalized spacial score (nSPS) is 13.7. The van der Waals surface area contributed by atoms with Crippen molar-refractivity contribution in [3.63, 3.8) is 0 Å². The van der Waals surface area contributed by atoms with Gasteiger partial charge in [0.25, 0.3) is 0 Å². The van der Waals surface area contributed by atoms with Crippen molar-refractivity contribution in [2.75, 3.05) is 14.1 Å². The number of aryl methyl sites for hydroxylation is 1. The molecule has 0 aliphatic heterocycles. The zero-order valence-corrected chi connectivity index (χ0v) is 30.9. The summed E-state index contributed by atoms with van der Waals surface area (Å²) < 4.78 is 237. The van der Waals surface area contributed by atoms with Gasteiger partial charge in [0.05, 0.1) is 0 Å². The number of hydrogen-bond donors (Lipinski definition) is 0. The molecule has 1 nitrogen and oxygen atoms in total. The van der Waals surface area contributed by atoms with Crippen LogP contribution in [0.1, 0.15) is 49.8 Å². The van der Waals surface area contributed by atoms with Gasteiger partial charge >= 0.3 is 0 Å². The molecule has 5 rings (SSSR count). The fourth-order valence-electron chi connectivity index (χ4n) is 7.12. The van der Waals surface area contributed by atoms with Gasteiger partial charge in [-0.1, -0.05) is 60.9 Å². The average Bonchev–Trinajstić information content (AvgIpc) is 3.69. The van der Waals surface area contributed by atoms with Crippen LogP contribution in [0.25, 0.3) is 11.0 Å². The van der Waals surface area contributed by atoms with Crippen LogP contribution in [-0.4, -0.2) is 30.5 Å². The predicted octanol–water partition coefficient (Wildman–Crippen LogP) is 10.7. The Kier molecular flexibility index (Phi) is 12.3. The van der Waals surface area contributed by atoms with E-state index in [1.54, 1.807) is 32.5 Å². The van der Waals surface area contributed by atoms with Crippen molar-refractivity contribution in [3.8, 4) is 0 Å². The summed E-state index contributed by atoms with van der Waals surface area (Å²) in [5.74, 6) is -42.9. The van der Waals surface area contributed by atoms with Crippen molar-refractivity contribution in [1.29, 1.82) is 0 Å². The van der Waals surface area contributed by atoms with Crippen LogP contribution in [0.3, 0.4) is 0 Å². The lowest BCUT2D eigenvalue weighted by molar-refractivity contribution is -0.464. The standard InChI is InChI=1S/C41H29BF15N/c1-6-7-11-23(24-27(43)33(49)39(55)34(50)28(24)44)42(25-29(45)35(51)40(56)36(52)30(25)46,26-31(47)37(53)41(57)38(54)32(26)48)16-22(19-14-12-17(2)13-15-19)21-10-8-9-20(21)18(3)58(4)5/h8,10-16H,6-7,9H2,1-5H3/b22-16+,23-11+. The number of unbranched alkanes of at least 4 members (excludes halogenated alkanes) is 1. The Morgan fingerprint density at radius 3 is 1.40 bits per heavy atom. The lowest BCUT2D eigenvalue weighted by Crippen LogP contribution is -2.64. The van der Waals surface area contributed by atoms with E-state index in [1.165, 1.54) is 43.3 Å². The number of hydrogen-bond acceptors (Lipinski definition) is 0. The second-order valence-electron chi connectivity index (χ2n) is 13.7. The van der Waals surface area contributed by atoms with Crippen LogP contribution in [0.5, 0.6) is 0 Å². The van der Waals surface area contributed by atoms with Gasteiger partial charge in [0.15, 0.2) is 63.9 Å². The quantitative estimate of drug-likeness (QED) is 0.0374. The number of nitrogens with zero attached hydrogens (tertiary/aromatic N) is 1. The highest BCUT2D eigenvalue weighted by atomic mass is 19.2. The Balaban J connectivity index is 2.33. The van der Waals surface area contributed by atoms with Crippen LogP contribution in [-0.2, 0) is 0 Å². The van der Waals surface area contributed by atoms with Gasteiger partial charge in [-0.15, -0.1) is 17.0 Å². The summed E-state index contributed by atoms with van der Waals surface area (Å²) in [5, 5.41) is 0. The van der Waals surface area contributed by atoms with Crippen LogP contribution >= 0.6 is 0 Å². The maximum absolute atomic E-state index is 16.6. The molecule has 0 atom stereocenters. The van der Waals surface area contributed by atoms with Crippen molar-refractivity contribution in [1.82, 2.24) is 0 Å². The molecule has 0 unspecified atom stereocenters. The maximum atomic E-state index is 16.6. The maximum Gasteiger partial charge on any atom is 0.200 e. The lowest BCUT2D eigenvalue weighted by atomic mass is 9.13. The zero-order valence-electron chi connectivity index (χ0n) is 30.9. The van der Waals surface area contributed by atoms with Crippen LogP contribution in [0.15, 0.2) is 59.6 Å². The molecule has 0 bridgehead atoms. The Labute approximate surface area is 321 Å². The second kappa shape index (κ2) is 16.4. The SMILES string of the molecule is CCC/C=C(\c1c(F)c(F)c(F)c(F)c1F)[B-](/C=C(/C1=C(C(C)=[N+](C)C)CC=C1)c1ccc(C)cc1)(c1c(F)c(F)c(F)c(F)c1F)c1c(F)c(F)c(F)c(F)c1F. The third-order valence-electron chi connectivity index (χ3n) is 10.1. The van der Waals surface area contributed by atoms with Crippen LogP contribution in [0.4, 0.5) is 65.9 Å². The van der Waals surface area contributed by atoms with Crippen LogP contribution in [0.2, 0.25) is 0 Å². The molecule has 0 N–H and O–H groups in total. The second-order valence-corrected chi connectivity index (χ2v) is 13.7. The Hall–Kier alpha value is -5.48. The van der Waals surface area contributed by atoms with Gasteiger partial charge in [0, 0.05) is 18.1 Å². The van der Waals surface area contributed by atoms with Crippen molar-refractivity contribution >= 4 is 33.8 Å². The molecule has 0 radical (unpaired) electrons. The van der Waals surface area contributed by atoms with E-state index in [4.69, 9.17) is 0 Å². The first-order valence-corrected chi connectivity index (χ1v) is 17.3. The van der Waals surface area contributed by atoms with Crippen LogP contribution < -0.4 is 10.9 Å². The molecule has 0 fully saturated rings. The average molecular weight is 831 g/mol. The number of benzene rings is 4. The molecule has 0 saturated carbocycles. The van der Waals surface area contributed by atoms with E-state index in [-0.39, 0.29) is 24.0 Å². The lowest BCUT2D eigenvalue weighted by Gasteiger charge is -2.44. The summed E-state index contributed by atoms with van der Waals surface area (Å²) in [4.78, 5) is 0. The largest absolute Gasteiger partial charge is 0.239 e. The van der Waals surface area contributed by atoms with E-state index in [0.717, 1.165) is 0 Å². The van der Waals surface area contributed by atoms with Gasteiger partial charge in [0.1, 0.15) is 43.5 Å². The summed E-state index contributed by atoms with van der Waals surface area (Å²) in [7, 11) is 3.14. The molecule has 306 valence electrons. The van der Waals surface area contributed by atoms with E-state index in [9.17, 15) is 13.2 Å². The third kappa shape index (κ3) is 6.95. The minimum absolute atomic E-state index is 0.0315. The third-order valence-corrected chi connectivity index (χ3v) is 10.1. The molecule has 0 spiro atoms. The van der Waals surface area contributed by atoms with Crippen molar-refractivity contribution in [3.05, 3.63) is 164 Å². The summed E-state index contributed by atoms with van der Waals surface area (Å²) in [6, 6.07) is 5.37. The van der Waals surface area contributed by atoms with E-state index >= 15 is 52.7 Å². The minimum atomic E-state index is -5.56. The molecule has 4 aromatic carbocycles. The van der Waals surface area contributed by atoms with E-state index in [0.29, 0.717) is 28.9 Å². The Morgan fingerprint density at radius 2 is 1.00 bits per heavy atom.